The van der Waals surface area contributed by atoms with E-state index < -0.39 is 24.9 Å². The smallest absolute Gasteiger partial charge is 0.356 e. The van der Waals surface area contributed by atoms with E-state index in [0.29, 0.717) is 19.4 Å². The van der Waals surface area contributed by atoms with E-state index in [2.05, 4.69) is 67.5 Å². The van der Waals surface area contributed by atoms with E-state index in [1.54, 1.807) is 12.1 Å². The van der Waals surface area contributed by atoms with Gasteiger partial charge in [-0.1, -0.05) is 56.7 Å². The summed E-state index contributed by atoms with van der Waals surface area (Å²) in [5.74, 6) is -1.56. The number of anilines is 1. The number of carboxylic acids is 2. The molecule has 0 saturated heterocycles. The Morgan fingerprint density at radius 1 is 0.809 bits per heavy atom. The highest BCUT2D eigenvalue weighted by Crippen LogP contribution is 2.49. The molecule has 0 aliphatic carbocycles. The lowest BCUT2D eigenvalue weighted by atomic mass is 9.81. The van der Waals surface area contributed by atoms with Crippen molar-refractivity contribution in [3.05, 3.63) is 89.7 Å². The molecule has 9 nitrogen and oxygen atoms in total. The molecule has 0 bridgehead atoms. The second-order valence-electron chi connectivity index (χ2n) is 13.4. The Balaban J connectivity index is 1.59. The quantitative estimate of drug-likeness (QED) is 0.0655. The fraction of sp³-hybridized carbons (Fsp3) is 0.432. The van der Waals surface area contributed by atoms with Gasteiger partial charge in [0.15, 0.2) is 5.71 Å². The molecule has 2 aliphatic heterocycles. The maximum absolute atomic E-state index is 12.1. The molecule has 2 aromatic carbocycles. The van der Waals surface area contributed by atoms with E-state index in [0.717, 1.165) is 49.2 Å². The molecule has 0 fully saturated rings. The maximum atomic E-state index is 12.1. The SMILES string of the molecule is CC1(C)C(/C=C/C=C/C=C2\N(CCCCCC(=O)O)c3ccc(P(=O)(O)O)cc3C2(C)C)=[N+](CCCCCC(=O)O)c2ccccc21. The number of hydrogen-bond acceptors (Lipinski definition) is 4. The van der Waals surface area contributed by atoms with Crippen LogP contribution in [0.25, 0.3) is 0 Å². The number of hydrogen-bond donors (Lipinski definition) is 4. The second-order valence-corrected chi connectivity index (χ2v) is 15.0. The van der Waals surface area contributed by atoms with E-state index in [-0.39, 0.29) is 23.6 Å². The summed E-state index contributed by atoms with van der Waals surface area (Å²) in [4.78, 5) is 43.8. The highest BCUT2D eigenvalue weighted by molar-refractivity contribution is 7.60. The summed E-state index contributed by atoms with van der Waals surface area (Å²) in [5, 5.41) is 18.0. The van der Waals surface area contributed by atoms with Crippen LogP contribution in [0.15, 0.2) is 78.5 Å². The van der Waals surface area contributed by atoms with Crippen LogP contribution in [0.5, 0.6) is 0 Å². The molecule has 2 heterocycles. The van der Waals surface area contributed by atoms with Crippen LogP contribution in [-0.2, 0) is 25.0 Å². The van der Waals surface area contributed by atoms with Gasteiger partial charge in [-0.25, -0.2) is 0 Å². The Labute approximate surface area is 277 Å². The summed E-state index contributed by atoms with van der Waals surface area (Å²) in [5.41, 5.74) is 5.65. The first-order valence-corrected chi connectivity index (χ1v) is 18.0. The molecular weight excluding hydrogens is 615 g/mol. The third-order valence-corrected chi connectivity index (χ3v) is 10.2. The number of para-hydroxylation sites is 1. The molecule has 0 aromatic heterocycles. The van der Waals surface area contributed by atoms with Crippen molar-refractivity contribution in [2.24, 2.45) is 0 Å². The number of allylic oxidation sites excluding steroid dienone is 6. The Bertz CT molecular complexity index is 1660. The van der Waals surface area contributed by atoms with Crippen LogP contribution >= 0.6 is 7.60 Å². The molecule has 0 atom stereocenters. The standard InChI is InChI=1S/C37H47N2O7P/c1-36(2)28-16-12-13-17-30(28)38(24-14-6-10-20-34(40)41)32(36)18-8-5-9-19-33-37(3,4)29-26-27(47(44,45)46)22-23-31(29)39(33)25-15-7-11-21-35(42)43/h5,8-9,12-13,16-19,22-23,26H,6-7,10-11,14-15,20-21,24-25H2,1-4H3,(H3-,40,41,42,43,44,45,46)/p+1. The van der Waals surface area contributed by atoms with Crippen molar-refractivity contribution in [2.75, 3.05) is 18.0 Å². The van der Waals surface area contributed by atoms with Gasteiger partial charge < -0.3 is 24.9 Å². The number of nitrogens with zero attached hydrogens (tertiary/aromatic N) is 2. The molecule has 4 rings (SSSR count). The number of fused-ring (bicyclic) bond motifs is 2. The topological polar surface area (TPSA) is 138 Å². The monoisotopic (exact) mass is 663 g/mol. The Morgan fingerprint density at radius 3 is 2.13 bits per heavy atom. The average molecular weight is 664 g/mol. The number of carboxylic acid groups (broad SMARTS) is 2. The molecule has 0 amide bonds. The third kappa shape index (κ3) is 8.39. The zero-order chi connectivity index (χ0) is 34.4. The minimum absolute atomic E-state index is 0.00547. The van der Waals surface area contributed by atoms with Crippen molar-refractivity contribution in [2.45, 2.75) is 89.9 Å². The summed E-state index contributed by atoms with van der Waals surface area (Å²) >= 11 is 0. The Morgan fingerprint density at radius 2 is 1.47 bits per heavy atom. The van der Waals surface area contributed by atoms with Gasteiger partial charge in [0.05, 0.1) is 10.7 Å². The molecule has 0 unspecified atom stereocenters. The Hall–Kier alpha value is -3.78. The molecule has 0 saturated carbocycles. The van der Waals surface area contributed by atoms with Crippen LogP contribution in [-0.4, -0.2) is 55.3 Å². The van der Waals surface area contributed by atoms with E-state index in [9.17, 15) is 23.9 Å². The normalized spacial score (nSPS) is 17.7. The first-order valence-electron chi connectivity index (χ1n) is 16.4. The minimum Gasteiger partial charge on any atom is -0.481 e. The van der Waals surface area contributed by atoms with E-state index in [1.807, 2.05) is 24.3 Å². The van der Waals surface area contributed by atoms with Crippen LogP contribution in [0.4, 0.5) is 11.4 Å². The first kappa shape index (κ1) is 36.1. The van der Waals surface area contributed by atoms with Gasteiger partial charge in [-0.2, -0.15) is 4.58 Å². The van der Waals surface area contributed by atoms with Gasteiger partial charge in [-0.05, 0) is 69.4 Å². The number of aliphatic carboxylic acids is 2. The van der Waals surface area contributed by atoms with Gasteiger partial charge in [0.1, 0.15) is 6.54 Å². The zero-order valence-corrected chi connectivity index (χ0v) is 28.7. The minimum atomic E-state index is -4.43. The lowest BCUT2D eigenvalue weighted by molar-refractivity contribution is -0.438. The van der Waals surface area contributed by atoms with Gasteiger partial charge in [-0.3, -0.25) is 14.2 Å². The Kier molecular flexibility index (Phi) is 11.5. The van der Waals surface area contributed by atoms with Crippen molar-refractivity contribution >= 4 is 41.9 Å². The van der Waals surface area contributed by atoms with Gasteiger partial charge in [0.25, 0.3) is 0 Å². The van der Waals surface area contributed by atoms with Crippen molar-refractivity contribution < 1.29 is 38.7 Å². The largest absolute Gasteiger partial charge is 0.481 e. The van der Waals surface area contributed by atoms with Gasteiger partial charge in [0, 0.05) is 60.3 Å². The fourth-order valence-corrected chi connectivity index (χ4v) is 7.34. The predicted molar refractivity (Wildman–Crippen MR) is 186 cm³/mol. The molecule has 0 radical (unpaired) electrons. The number of rotatable bonds is 16. The lowest BCUT2D eigenvalue weighted by Gasteiger charge is -2.27. The predicted octanol–water partition coefficient (Wildman–Crippen LogP) is 6.95. The van der Waals surface area contributed by atoms with E-state index >= 15 is 0 Å². The fourth-order valence-electron chi connectivity index (χ4n) is 6.77. The summed E-state index contributed by atoms with van der Waals surface area (Å²) < 4.78 is 14.4. The molecule has 252 valence electrons. The van der Waals surface area contributed by atoms with Crippen LogP contribution in [0, 0.1) is 0 Å². The van der Waals surface area contributed by atoms with Gasteiger partial charge >= 0.3 is 19.5 Å². The molecule has 0 spiro atoms. The molecule has 10 heteroatoms. The van der Waals surface area contributed by atoms with Crippen molar-refractivity contribution in [1.82, 2.24) is 0 Å². The highest BCUT2D eigenvalue weighted by Gasteiger charge is 2.44. The average Bonchev–Trinajstić information content (AvgIpc) is 3.34. The number of unbranched alkanes of at least 4 members (excludes halogenated alkanes) is 4. The van der Waals surface area contributed by atoms with Crippen molar-refractivity contribution in [3.63, 3.8) is 0 Å². The van der Waals surface area contributed by atoms with Crippen LogP contribution in [0.1, 0.15) is 90.2 Å². The van der Waals surface area contributed by atoms with Crippen molar-refractivity contribution in [3.8, 4) is 0 Å². The molecule has 2 aliphatic rings. The second kappa shape index (κ2) is 15.0. The summed E-state index contributed by atoms with van der Waals surface area (Å²) in [6.45, 7) is 10.0. The summed E-state index contributed by atoms with van der Waals surface area (Å²) in [6.07, 6.45) is 15.1. The lowest BCUT2D eigenvalue weighted by Crippen LogP contribution is -2.27. The number of benzene rings is 2. The third-order valence-electron chi connectivity index (χ3n) is 9.29. The van der Waals surface area contributed by atoms with Crippen LogP contribution in [0.2, 0.25) is 0 Å². The molecular formula is C37H48N2O7P+. The molecule has 47 heavy (non-hydrogen) atoms. The van der Waals surface area contributed by atoms with Crippen LogP contribution in [0.3, 0.4) is 0 Å². The number of carbonyl (C=O) groups is 2. The van der Waals surface area contributed by atoms with E-state index in [4.69, 9.17) is 10.2 Å². The highest BCUT2D eigenvalue weighted by atomic mass is 31.2. The molecule has 2 aromatic rings. The van der Waals surface area contributed by atoms with Crippen LogP contribution < -0.4 is 10.2 Å². The first-order chi connectivity index (χ1) is 22.2. The van der Waals surface area contributed by atoms with Crippen molar-refractivity contribution in [1.29, 1.82) is 0 Å². The summed E-state index contributed by atoms with van der Waals surface area (Å²) in [7, 11) is -4.43. The van der Waals surface area contributed by atoms with E-state index in [1.165, 1.54) is 23.0 Å². The molecule has 4 N–H and O–H groups in total. The maximum Gasteiger partial charge on any atom is 0.356 e. The van der Waals surface area contributed by atoms with Gasteiger partial charge in [0.2, 0.25) is 5.69 Å². The summed E-state index contributed by atoms with van der Waals surface area (Å²) in [6, 6.07) is 13.3. The zero-order valence-electron chi connectivity index (χ0n) is 27.9. The van der Waals surface area contributed by atoms with Gasteiger partial charge in [-0.15, -0.1) is 0 Å².